The minimum atomic E-state index is -0.328. The van der Waals surface area contributed by atoms with E-state index in [9.17, 15) is 14.4 Å². The number of amides is 3. The van der Waals surface area contributed by atoms with E-state index in [1.54, 1.807) is 19.2 Å². The molecule has 1 saturated heterocycles. The van der Waals surface area contributed by atoms with Crippen molar-refractivity contribution in [3.63, 3.8) is 0 Å². The maximum Gasteiger partial charge on any atom is 0.231 e. The molecule has 0 bridgehead atoms. The van der Waals surface area contributed by atoms with Crippen LogP contribution in [0.1, 0.15) is 36.8 Å². The number of hydrogen-bond donors (Lipinski definition) is 1. The van der Waals surface area contributed by atoms with E-state index < -0.39 is 0 Å². The fourth-order valence-corrected chi connectivity index (χ4v) is 3.72. The number of benzene rings is 3. The third-order valence-electron chi connectivity index (χ3n) is 5.68. The number of rotatable bonds is 6. The number of hydrogen-bond acceptors (Lipinski definition) is 4. The van der Waals surface area contributed by atoms with Crippen molar-refractivity contribution in [2.45, 2.75) is 32.2 Å². The van der Waals surface area contributed by atoms with Gasteiger partial charge in [0.25, 0.3) is 0 Å². The zero-order chi connectivity index (χ0) is 22.0. The van der Waals surface area contributed by atoms with Crippen molar-refractivity contribution in [2.24, 2.45) is 0 Å². The van der Waals surface area contributed by atoms with Gasteiger partial charge in [-0.15, -0.1) is 0 Å². The Balaban J connectivity index is 1.42. The van der Waals surface area contributed by atoms with E-state index in [0.29, 0.717) is 5.69 Å². The van der Waals surface area contributed by atoms with Crippen molar-refractivity contribution >= 4 is 34.2 Å². The Morgan fingerprint density at radius 3 is 2.29 bits per heavy atom. The van der Waals surface area contributed by atoms with Crippen molar-refractivity contribution in [3.8, 4) is 5.75 Å². The first-order valence-electron chi connectivity index (χ1n) is 10.3. The molecule has 1 aliphatic rings. The summed E-state index contributed by atoms with van der Waals surface area (Å²) in [5.74, 6) is 0.0968. The van der Waals surface area contributed by atoms with E-state index in [1.807, 2.05) is 55.5 Å². The molecule has 3 aromatic carbocycles. The van der Waals surface area contributed by atoms with Crippen LogP contribution in [-0.2, 0) is 20.9 Å². The largest absolute Gasteiger partial charge is 0.497 e. The molecule has 3 aromatic rings. The van der Waals surface area contributed by atoms with E-state index in [-0.39, 0.29) is 43.0 Å². The number of anilines is 1. The standard InChI is InChI=1S/C25H24N2O4/c1-16(18-5-6-20-14-22(31-2)10-7-19(20)13-18)25(30)26-21-8-3-17(4-9-21)15-27-23(28)11-12-24(27)29/h3-10,13-14,16H,11-12,15H2,1-2H3,(H,26,30)/t16-/m1/s1. The second-order valence-corrected chi connectivity index (χ2v) is 7.75. The molecule has 0 spiro atoms. The maximum atomic E-state index is 12.8. The van der Waals surface area contributed by atoms with Crippen LogP contribution in [0.4, 0.5) is 5.69 Å². The number of likely N-dealkylation sites (tertiary alicyclic amines) is 1. The minimum absolute atomic E-state index is 0.106. The van der Waals surface area contributed by atoms with Crippen molar-refractivity contribution in [1.29, 1.82) is 0 Å². The van der Waals surface area contributed by atoms with Crippen LogP contribution in [0.2, 0.25) is 0 Å². The van der Waals surface area contributed by atoms with Gasteiger partial charge in [-0.1, -0.05) is 36.4 Å². The number of ether oxygens (including phenoxy) is 1. The van der Waals surface area contributed by atoms with Crippen LogP contribution in [0.25, 0.3) is 10.8 Å². The van der Waals surface area contributed by atoms with Gasteiger partial charge in [0.15, 0.2) is 0 Å². The van der Waals surface area contributed by atoms with Gasteiger partial charge in [0.05, 0.1) is 19.6 Å². The van der Waals surface area contributed by atoms with Crippen molar-refractivity contribution in [1.82, 2.24) is 4.90 Å². The predicted octanol–water partition coefficient (Wildman–Crippen LogP) is 4.24. The van der Waals surface area contributed by atoms with Crippen LogP contribution >= 0.6 is 0 Å². The third kappa shape index (κ3) is 4.43. The Bertz CT molecular complexity index is 1140. The van der Waals surface area contributed by atoms with Gasteiger partial charge in [0, 0.05) is 18.5 Å². The summed E-state index contributed by atoms with van der Waals surface area (Å²) in [5, 5.41) is 5.04. The SMILES string of the molecule is COc1ccc2cc([C@@H](C)C(=O)Nc3ccc(CN4C(=O)CCC4=O)cc3)ccc2c1. The van der Waals surface area contributed by atoms with Gasteiger partial charge >= 0.3 is 0 Å². The predicted molar refractivity (Wildman–Crippen MR) is 119 cm³/mol. The summed E-state index contributed by atoms with van der Waals surface area (Å²) < 4.78 is 5.26. The lowest BCUT2D eigenvalue weighted by Crippen LogP contribution is -2.28. The van der Waals surface area contributed by atoms with Crippen LogP contribution in [0, 0.1) is 0 Å². The normalized spacial score (nSPS) is 14.7. The average Bonchev–Trinajstić information content (AvgIpc) is 3.11. The molecule has 0 unspecified atom stereocenters. The molecule has 0 saturated carbocycles. The Labute approximate surface area is 180 Å². The van der Waals surface area contributed by atoms with E-state index in [1.165, 1.54) is 4.90 Å². The van der Waals surface area contributed by atoms with Crippen LogP contribution < -0.4 is 10.1 Å². The van der Waals surface area contributed by atoms with Crippen molar-refractivity contribution in [3.05, 3.63) is 71.8 Å². The van der Waals surface area contributed by atoms with Crippen LogP contribution in [0.3, 0.4) is 0 Å². The summed E-state index contributed by atoms with van der Waals surface area (Å²) in [6, 6.07) is 19.0. The second kappa shape index (κ2) is 8.60. The summed E-state index contributed by atoms with van der Waals surface area (Å²) in [6.07, 6.45) is 0.570. The van der Waals surface area contributed by atoms with Crippen LogP contribution in [0.15, 0.2) is 60.7 Å². The maximum absolute atomic E-state index is 12.8. The van der Waals surface area contributed by atoms with E-state index in [2.05, 4.69) is 5.32 Å². The summed E-state index contributed by atoms with van der Waals surface area (Å²) in [7, 11) is 1.64. The Hall–Kier alpha value is -3.67. The van der Waals surface area contributed by atoms with Gasteiger partial charge in [0.1, 0.15) is 5.75 Å². The van der Waals surface area contributed by atoms with Crippen molar-refractivity contribution in [2.75, 3.05) is 12.4 Å². The smallest absolute Gasteiger partial charge is 0.231 e. The quantitative estimate of drug-likeness (QED) is 0.610. The first kappa shape index (κ1) is 20.6. The first-order chi connectivity index (χ1) is 14.9. The molecule has 0 aliphatic carbocycles. The molecule has 1 atom stereocenters. The number of carbonyl (C=O) groups excluding carboxylic acids is 3. The lowest BCUT2D eigenvalue weighted by molar-refractivity contribution is -0.139. The molecule has 0 radical (unpaired) electrons. The lowest BCUT2D eigenvalue weighted by Gasteiger charge is -2.15. The van der Waals surface area contributed by atoms with Crippen LogP contribution in [0.5, 0.6) is 5.75 Å². The van der Waals surface area contributed by atoms with Gasteiger partial charge in [-0.2, -0.15) is 0 Å². The van der Waals surface area contributed by atoms with Gasteiger partial charge in [-0.05, 0) is 53.1 Å². The second-order valence-electron chi connectivity index (χ2n) is 7.75. The summed E-state index contributed by atoms with van der Waals surface area (Å²) in [6.45, 7) is 2.14. The van der Waals surface area contributed by atoms with Gasteiger partial charge in [-0.3, -0.25) is 19.3 Å². The molecular formula is C25H24N2O4. The fourth-order valence-electron chi connectivity index (χ4n) is 3.72. The molecule has 1 aliphatic heterocycles. The third-order valence-corrected chi connectivity index (χ3v) is 5.68. The summed E-state index contributed by atoms with van der Waals surface area (Å²) >= 11 is 0. The van der Waals surface area contributed by atoms with Gasteiger partial charge in [-0.25, -0.2) is 0 Å². The monoisotopic (exact) mass is 416 g/mol. The Morgan fingerprint density at radius 1 is 0.968 bits per heavy atom. The summed E-state index contributed by atoms with van der Waals surface area (Å²) in [5.41, 5.74) is 2.45. The molecule has 4 rings (SSSR count). The van der Waals surface area contributed by atoms with E-state index in [0.717, 1.165) is 27.6 Å². The van der Waals surface area contributed by atoms with Crippen LogP contribution in [-0.4, -0.2) is 29.7 Å². The average molecular weight is 416 g/mol. The molecule has 0 aromatic heterocycles. The molecule has 6 heteroatoms. The summed E-state index contributed by atoms with van der Waals surface area (Å²) in [4.78, 5) is 37.6. The highest BCUT2D eigenvalue weighted by Crippen LogP contribution is 2.26. The number of imide groups is 1. The fraction of sp³-hybridized carbons (Fsp3) is 0.240. The number of fused-ring (bicyclic) bond motifs is 1. The molecule has 31 heavy (non-hydrogen) atoms. The Kier molecular flexibility index (Phi) is 5.71. The highest BCUT2D eigenvalue weighted by Gasteiger charge is 2.28. The van der Waals surface area contributed by atoms with E-state index in [4.69, 9.17) is 4.74 Å². The number of methoxy groups -OCH3 is 1. The van der Waals surface area contributed by atoms with E-state index >= 15 is 0 Å². The molecule has 6 nitrogen and oxygen atoms in total. The topological polar surface area (TPSA) is 75.7 Å². The number of nitrogens with zero attached hydrogens (tertiary/aromatic N) is 1. The molecule has 1 N–H and O–H groups in total. The minimum Gasteiger partial charge on any atom is -0.497 e. The molecule has 158 valence electrons. The van der Waals surface area contributed by atoms with Gasteiger partial charge < -0.3 is 10.1 Å². The Morgan fingerprint density at radius 2 is 1.61 bits per heavy atom. The van der Waals surface area contributed by atoms with Crippen molar-refractivity contribution < 1.29 is 19.1 Å². The molecule has 3 amide bonds. The zero-order valence-corrected chi connectivity index (χ0v) is 17.6. The number of carbonyl (C=O) groups is 3. The first-order valence-corrected chi connectivity index (χ1v) is 10.3. The molecule has 1 heterocycles. The highest BCUT2D eigenvalue weighted by atomic mass is 16.5. The zero-order valence-electron chi connectivity index (χ0n) is 17.6. The highest BCUT2D eigenvalue weighted by molar-refractivity contribution is 6.02. The molecular weight excluding hydrogens is 392 g/mol. The number of nitrogens with one attached hydrogen (secondary N) is 1. The molecule has 1 fully saturated rings. The lowest BCUT2D eigenvalue weighted by atomic mass is 9.97. The van der Waals surface area contributed by atoms with Gasteiger partial charge in [0.2, 0.25) is 17.7 Å².